The summed E-state index contributed by atoms with van der Waals surface area (Å²) in [6.45, 7) is 6.63. The maximum absolute atomic E-state index is 13.0. The summed E-state index contributed by atoms with van der Waals surface area (Å²) in [4.78, 5) is 11.4. The van der Waals surface area contributed by atoms with Gasteiger partial charge in [0, 0.05) is 45.0 Å². The molecule has 2 aliphatic rings. The number of hydrogen-bond acceptors (Lipinski definition) is 3. The van der Waals surface area contributed by atoms with Crippen LogP contribution in [0.2, 0.25) is 0 Å². The van der Waals surface area contributed by atoms with E-state index in [2.05, 4.69) is 26.7 Å². The first kappa shape index (κ1) is 20.2. The first-order valence-electron chi connectivity index (χ1n) is 8.86. The highest BCUT2D eigenvalue weighted by Crippen LogP contribution is 2.17. The third-order valence-corrected chi connectivity index (χ3v) is 5.03. The van der Waals surface area contributed by atoms with Crippen LogP contribution in [0.1, 0.15) is 12.8 Å². The zero-order chi connectivity index (χ0) is 16.9. The Bertz CT molecular complexity index is 557. The molecule has 0 spiro atoms. The molecule has 0 bridgehead atoms. The van der Waals surface area contributed by atoms with Crippen molar-refractivity contribution in [3.63, 3.8) is 0 Å². The van der Waals surface area contributed by atoms with Gasteiger partial charge in [-0.3, -0.25) is 4.99 Å². The third-order valence-electron chi connectivity index (χ3n) is 5.03. The van der Waals surface area contributed by atoms with Crippen molar-refractivity contribution in [1.29, 1.82) is 0 Å². The SMILES string of the molecule is CN1CCCC(CN=C(N)N2CCN(c3ccc(F)cc3)CC2)C1.I. The minimum atomic E-state index is -0.192. The molecule has 0 aromatic heterocycles. The monoisotopic (exact) mass is 461 g/mol. The van der Waals surface area contributed by atoms with Crippen LogP contribution in [0.4, 0.5) is 10.1 Å². The van der Waals surface area contributed by atoms with E-state index >= 15 is 0 Å². The van der Waals surface area contributed by atoms with E-state index in [1.54, 1.807) is 0 Å². The van der Waals surface area contributed by atoms with E-state index in [1.807, 2.05) is 12.1 Å². The summed E-state index contributed by atoms with van der Waals surface area (Å²) < 4.78 is 13.0. The molecule has 5 nitrogen and oxygen atoms in total. The number of piperidine rings is 1. The van der Waals surface area contributed by atoms with Gasteiger partial charge in [0.15, 0.2) is 5.96 Å². The van der Waals surface area contributed by atoms with Crippen LogP contribution >= 0.6 is 24.0 Å². The lowest BCUT2D eigenvalue weighted by Crippen LogP contribution is -2.51. The van der Waals surface area contributed by atoms with Crippen molar-refractivity contribution in [2.24, 2.45) is 16.6 Å². The van der Waals surface area contributed by atoms with Crippen LogP contribution in [-0.4, -0.2) is 68.6 Å². The zero-order valence-electron chi connectivity index (χ0n) is 14.9. The molecule has 1 aromatic rings. The minimum Gasteiger partial charge on any atom is -0.370 e. The largest absolute Gasteiger partial charge is 0.370 e. The molecule has 3 rings (SSSR count). The predicted molar refractivity (Wildman–Crippen MR) is 112 cm³/mol. The highest BCUT2D eigenvalue weighted by Gasteiger charge is 2.20. The molecular weight excluding hydrogens is 432 g/mol. The van der Waals surface area contributed by atoms with Gasteiger partial charge in [0.1, 0.15) is 5.82 Å². The molecule has 2 fully saturated rings. The second-order valence-corrected chi connectivity index (χ2v) is 6.92. The highest BCUT2D eigenvalue weighted by atomic mass is 127. The molecule has 1 aromatic carbocycles. The predicted octanol–water partition coefficient (Wildman–Crippen LogP) is 2.22. The number of guanidine groups is 1. The summed E-state index contributed by atoms with van der Waals surface area (Å²) in [6.07, 6.45) is 2.51. The Kier molecular flexibility index (Phi) is 7.74. The van der Waals surface area contributed by atoms with Crippen LogP contribution < -0.4 is 10.6 Å². The lowest BCUT2D eigenvalue weighted by atomic mass is 9.99. The van der Waals surface area contributed by atoms with Crippen molar-refractivity contribution in [3.8, 4) is 0 Å². The van der Waals surface area contributed by atoms with Crippen LogP contribution in [0, 0.1) is 11.7 Å². The smallest absolute Gasteiger partial charge is 0.191 e. The first-order valence-corrected chi connectivity index (χ1v) is 8.86. The van der Waals surface area contributed by atoms with Crippen molar-refractivity contribution in [2.45, 2.75) is 12.8 Å². The van der Waals surface area contributed by atoms with Gasteiger partial charge in [-0.05, 0) is 56.6 Å². The van der Waals surface area contributed by atoms with Crippen molar-refractivity contribution < 1.29 is 4.39 Å². The topological polar surface area (TPSA) is 48.1 Å². The quantitative estimate of drug-likeness (QED) is 0.426. The third kappa shape index (κ3) is 5.70. The van der Waals surface area contributed by atoms with Crippen LogP contribution in [0.5, 0.6) is 0 Å². The van der Waals surface area contributed by atoms with E-state index in [0.29, 0.717) is 11.9 Å². The van der Waals surface area contributed by atoms with Gasteiger partial charge in [-0.2, -0.15) is 0 Å². The average molecular weight is 461 g/mol. The summed E-state index contributed by atoms with van der Waals surface area (Å²) in [7, 11) is 2.17. The Hall–Kier alpha value is -1.09. The van der Waals surface area contributed by atoms with Gasteiger partial charge in [0.2, 0.25) is 0 Å². The van der Waals surface area contributed by atoms with E-state index in [4.69, 9.17) is 5.73 Å². The number of rotatable bonds is 3. The average Bonchev–Trinajstić information content (AvgIpc) is 2.61. The zero-order valence-corrected chi connectivity index (χ0v) is 17.2. The van der Waals surface area contributed by atoms with Crippen LogP contribution in [0.25, 0.3) is 0 Å². The van der Waals surface area contributed by atoms with Gasteiger partial charge in [-0.25, -0.2) is 4.39 Å². The molecule has 2 aliphatic heterocycles. The summed E-state index contributed by atoms with van der Waals surface area (Å²) in [6, 6.07) is 6.70. The fraction of sp³-hybridized carbons (Fsp3) is 0.611. The van der Waals surface area contributed by atoms with E-state index in [0.717, 1.165) is 45.0 Å². The van der Waals surface area contributed by atoms with Crippen molar-refractivity contribution >= 4 is 35.6 Å². The van der Waals surface area contributed by atoms with Crippen molar-refractivity contribution in [3.05, 3.63) is 30.1 Å². The number of anilines is 1. The Morgan fingerprint density at radius 1 is 1.16 bits per heavy atom. The number of hydrogen-bond donors (Lipinski definition) is 1. The summed E-state index contributed by atoms with van der Waals surface area (Å²) >= 11 is 0. The second-order valence-electron chi connectivity index (χ2n) is 6.92. The molecule has 0 radical (unpaired) electrons. The molecule has 2 N–H and O–H groups in total. The summed E-state index contributed by atoms with van der Waals surface area (Å²) in [5.74, 6) is 1.10. The van der Waals surface area contributed by atoms with Gasteiger partial charge in [-0.1, -0.05) is 0 Å². The Balaban J connectivity index is 0.00000225. The number of nitrogens with two attached hydrogens (primary N) is 1. The molecule has 7 heteroatoms. The lowest BCUT2D eigenvalue weighted by Gasteiger charge is -2.37. The van der Waals surface area contributed by atoms with E-state index < -0.39 is 0 Å². The summed E-state index contributed by atoms with van der Waals surface area (Å²) in [5.41, 5.74) is 7.26. The van der Waals surface area contributed by atoms with Gasteiger partial charge in [-0.15, -0.1) is 24.0 Å². The molecule has 1 unspecified atom stereocenters. The van der Waals surface area contributed by atoms with Crippen LogP contribution in [0.15, 0.2) is 29.3 Å². The van der Waals surface area contributed by atoms with E-state index in [1.165, 1.54) is 31.5 Å². The number of aliphatic imine (C=N–C) groups is 1. The fourth-order valence-corrected chi connectivity index (χ4v) is 3.59. The number of piperazine rings is 1. The maximum atomic E-state index is 13.0. The molecule has 25 heavy (non-hydrogen) atoms. The molecular formula is C18H29FIN5. The second kappa shape index (κ2) is 9.56. The first-order chi connectivity index (χ1) is 11.6. The van der Waals surface area contributed by atoms with Crippen LogP contribution in [0.3, 0.4) is 0 Å². The minimum absolute atomic E-state index is 0. The Morgan fingerprint density at radius 2 is 1.84 bits per heavy atom. The number of benzene rings is 1. The molecule has 1 atom stereocenters. The number of nitrogens with zero attached hydrogens (tertiary/aromatic N) is 4. The molecule has 0 saturated carbocycles. The van der Waals surface area contributed by atoms with Gasteiger partial charge >= 0.3 is 0 Å². The maximum Gasteiger partial charge on any atom is 0.191 e. The number of halogens is 2. The number of likely N-dealkylation sites (tertiary alicyclic amines) is 1. The Labute approximate surface area is 167 Å². The standard InChI is InChI=1S/C18H28FN5.HI/c1-22-8-2-3-15(14-22)13-21-18(20)24-11-9-23(10-12-24)17-6-4-16(19)5-7-17;/h4-7,15H,2-3,8-14H2,1H3,(H2,20,21);1H. The van der Waals surface area contributed by atoms with Gasteiger partial charge in [0.05, 0.1) is 0 Å². The van der Waals surface area contributed by atoms with Crippen molar-refractivity contribution in [2.75, 3.05) is 57.8 Å². The lowest BCUT2D eigenvalue weighted by molar-refractivity contribution is 0.214. The molecule has 140 valence electrons. The van der Waals surface area contributed by atoms with Crippen LogP contribution in [-0.2, 0) is 0 Å². The fourth-order valence-electron chi connectivity index (χ4n) is 3.59. The normalized spacial score (nSPS) is 22.6. The molecule has 0 aliphatic carbocycles. The van der Waals surface area contributed by atoms with E-state index in [9.17, 15) is 4.39 Å². The molecule has 2 saturated heterocycles. The molecule has 0 amide bonds. The van der Waals surface area contributed by atoms with Gasteiger partial charge in [0.25, 0.3) is 0 Å². The van der Waals surface area contributed by atoms with E-state index in [-0.39, 0.29) is 29.8 Å². The highest BCUT2D eigenvalue weighted by molar-refractivity contribution is 14.0. The summed E-state index contributed by atoms with van der Waals surface area (Å²) in [5, 5.41) is 0. The van der Waals surface area contributed by atoms with Crippen molar-refractivity contribution in [1.82, 2.24) is 9.80 Å². The molecule has 2 heterocycles. The van der Waals surface area contributed by atoms with Gasteiger partial charge < -0.3 is 20.4 Å². The Morgan fingerprint density at radius 3 is 2.48 bits per heavy atom.